The molecule has 4 N–H and O–H groups in total. The third kappa shape index (κ3) is 8.27. The number of hydrogen-bond acceptors (Lipinski definition) is 3. The van der Waals surface area contributed by atoms with Crippen molar-refractivity contribution < 1.29 is 20.7 Å². The summed E-state index contributed by atoms with van der Waals surface area (Å²) < 4.78 is 0. The SMILES string of the molecule is CCCCC[C@@H](O)C/C=C\C(=O)[O-].[NH3+]C1CCCc2ccccc21. The van der Waals surface area contributed by atoms with Crippen LogP contribution in [0.1, 0.15) is 69.0 Å². The summed E-state index contributed by atoms with van der Waals surface area (Å²) in [6, 6.07) is 9.22. The molecule has 0 amide bonds. The number of hydrogen-bond donors (Lipinski definition) is 2. The Labute approximate surface area is 145 Å². The van der Waals surface area contributed by atoms with Crippen molar-refractivity contribution in [3.63, 3.8) is 0 Å². The summed E-state index contributed by atoms with van der Waals surface area (Å²) in [5, 5.41) is 19.3. The maximum Gasteiger partial charge on any atom is 0.110 e. The predicted molar refractivity (Wildman–Crippen MR) is 93.9 cm³/mol. The highest BCUT2D eigenvalue weighted by molar-refractivity contribution is 5.77. The summed E-state index contributed by atoms with van der Waals surface area (Å²) in [7, 11) is 0. The van der Waals surface area contributed by atoms with Crippen LogP contribution in [0.3, 0.4) is 0 Å². The summed E-state index contributed by atoms with van der Waals surface area (Å²) in [4.78, 5) is 9.96. The number of carboxylic acids is 1. The van der Waals surface area contributed by atoms with E-state index in [2.05, 4.69) is 36.9 Å². The lowest BCUT2D eigenvalue weighted by atomic mass is 9.88. The Bertz CT molecular complexity index is 513. The van der Waals surface area contributed by atoms with E-state index in [1.807, 2.05) is 0 Å². The number of carbonyl (C=O) groups excluding carboxylic acids is 1. The first-order valence-corrected chi connectivity index (χ1v) is 9.01. The van der Waals surface area contributed by atoms with E-state index < -0.39 is 12.1 Å². The molecule has 4 nitrogen and oxygen atoms in total. The number of aliphatic hydroxyl groups is 1. The zero-order valence-electron chi connectivity index (χ0n) is 14.7. The van der Waals surface area contributed by atoms with E-state index >= 15 is 0 Å². The van der Waals surface area contributed by atoms with E-state index in [9.17, 15) is 15.0 Å². The summed E-state index contributed by atoms with van der Waals surface area (Å²) in [5.41, 5.74) is 7.12. The van der Waals surface area contributed by atoms with Crippen molar-refractivity contribution in [1.29, 1.82) is 0 Å². The van der Waals surface area contributed by atoms with E-state index in [1.54, 1.807) is 0 Å². The van der Waals surface area contributed by atoms with Gasteiger partial charge in [-0.2, -0.15) is 0 Å². The van der Waals surface area contributed by atoms with Gasteiger partial charge in [-0.15, -0.1) is 0 Å². The second-order valence-electron chi connectivity index (χ2n) is 6.39. The molecule has 0 aromatic heterocycles. The monoisotopic (exact) mass is 333 g/mol. The lowest BCUT2D eigenvalue weighted by molar-refractivity contribution is -0.429. The van der Waals surface area contributed by atoms with E-state index in [-0.39, 0.29) is 0 Å². The number of aliphatic carboxylic acids is 1. The number of carboxylic acid groups (broad SMARTS) is 1. The second-order valence-corrected chi connectivity index (χ2v) is 6.39. The van der Waals surface area contributed by atoms with Crippen LogP contribution in [0, 0.1) is 0 Å². The van der Waals surface area contributed by atoms with Gasteiger partial charge >= 0.3 is 0 Å². The lowest BCUT2D eigenvalue weighted by Crippen LogP contribution is -2.54. The Morgan fingerprint density at radius 1 is 1.42 bits per heavy atom. The molecule has 0 aliphatic heterocycles. The molecule has 1 aromatic carbocycles. The van der Waals surface area contributed by atoms with Crippen molar-refractivity contribution in [2.24, 2.45) is 0 Å². The molecule has 1 aliphatic rings. The van der Waals surface area contributed by atoms with Crippen LogP contribution in [0.2, 0.25) is 0 Å². The van der Waals surface area contributed by atoms with Crippen molar-refractivity contribution in [3.8, 4) is 0 Å². The summed E-state index contributed by atoms with van der Waals surface area (Å²) >= 11 is 0. The molecule has 0 radical (unpaired) electrons. The van der Waals surface area contributed by atoms with E-state index in [0.717, 1.165) is 31.8 Å². The quantitative estimate of drug-likeness (QED) is 0.590. The average Bonchev–Trinajstić information content (AvgIpc) is 2.56. The van der Waals surface area contributed by atoms with E-state index in [4.69, 9.17) is 0 Å². The fourth-order valence-corrected chi connectivity index (χ4v) is 2.92. The molecule has 0 spiro atoms. The average molecular weight is 333 g/mol. The minimum Gasteiger partial charge on any atom is -0.545 e. The summed E-state index contributed by atoms with van der Waals surface area (Å²) in [6.07, 6.45) is 10.2. The molecule has 24 heavy (non-hydrogen) atoms. The molecule has 4 heteroatoms. The van der Waals surface area contributed by atoms with Gasteiger partial charge in [-0.1, -0.05) is 56.5 Å². The van der Waals surface area contributed by atoms with Crippen LogP contribution in [-0.2, 0) is 11.2 Å². The molecule has 0 saturated carbocycles. The minimum absolute atomic E-state index is 0.400. The van der Waals surface area contributed by atoms with Crippen molar-refractivity contribution >= 4 is 5.97 Å². The van der Waals surface area contributed by atoms with E-state index in [1.165, 1.54) is 36.5 Å². The zero-order valence-corrected chi connectivity index (χ0v) is 14.7. The van der Waals surface area contributed by atoms with Crippen molar-refractivity contribution in [2.45, 2.75) is 70.4 Å². The van der Waals surface area contributed by atoms with Crippen molar-refractivity contribution in [1.82, 2.24) is 0 Å². The summed E-state index contributed by atoms with van der Waals surface area (Å²) in [6.45, 7) is 2.10. The van der Waals surface area contributed by atoms with Crippen molar-refractivity contribution in [2.75, 3.05) is 0 Å². The Morgan fingerprint density at radius 3 is 2.83 bits per heavy atom. The molecule has 0 saturated heterocycles. The fraction of sp³-hybridized carbons (Fsp3) is 0.550. The van der Waals surface area contributed by atoms with Gasteiger partial charge in [0, 0.05) is 12.0 Å². The molecule has 1 aliphatic carbocycles. The van der Waals surface area contributed by atoms with Gasteiger partial charge in [0.2, 0.25) is 0 Å². The second kappa shape index (κ2) is 11.8. The van der Waals surface area contributed by atoms with Gasteiger partial charge in [0.1, 0.15) is 6.04 Å². The number of benzene rings is 1. The molecule has 2 atom stereocenters. The number of fused-ring (bicyclic) bond motifs is 1. The fourth-order valence-electron chi connectivity index (χ4n) is 2.92. The van der Waals surface area contributed by atoms with Crippen LogP contribution in [0.5, 0.6) is 0 Å². The topological polar surface area (TPSA) is 88.0 Å². The molecule has 1 unspecified atom stereocenters. The first kappa shape index (κ1) is 20.4. The Kier molecular flexibility index (Phi) is 10.0. The summed E-state index contributed by atoms with van der Waals surface area (Å²) in [5.74, 6) is -1.21. The number of carbonyl (C=O) groups is 1. The Morgan fingerprint density at radius 2 is 2.17 bits per heavy atom. The Hall–Kier alpha value is -1.65. The zero-order chi connectivity index (χ0) is 17.8. The number of rotatable bonds is 7. The highest BCUT2D eigenvalue weighted by atomic mass is 16.4. The van der Waals surface area contributed by atoms with Crippen LogP contribution in [-0.4, -0.2) is 17.2 Å². The number of aryl methyl sites for hydroxylation is 1. The largest absolute Gasteiger partial charge is 0.545 e. The highest BCUT2D eigenvalue weighted by Gasteiger charge is 2.17. The van der Waals surface area contributed by atoms with Crippen LogP contribution in [0.15, 0.2) is 36.4 Å². The van der Waals surface area contributed by atoms with Gasteiger partial charge < -0.3 is 20.7 Å². The van der Waals surface area contributed by atoms with Gasteiger partial charge in [-0.05, 0) is 37.3 Å². The minimum atomic E-state index is -1.21. The van der Waals surface area contributed by atoms with Crippen LogP contribution in [0.25, 0.3) is 0 Å². The first-order chi connectivity index (χ1) is 11.5. The van der Waals surface area contributed by atoms with E-state index in [0.29, 0.717) is 12.5 Å². The molecule has 0 fully saturated rings. The van der Waals surface area contributed by atoms with Crippen molar-refractivity contribution in [3.05, 3.63) is 47.5 Å². The third-order valence-electron chi connectivity index (χ3n) is 4.30. The van der Waals surface area contributed by atoms with Crippen LogP contribution >= 0.6 is 0 Å². The molecule has 2 rings (SSSR count). The first-order valence-electron chi connectivity index (χ1n) is 9.01. The predicted octanol–water partition coefficient (Wildman–Crippen LogP) is 1.93. The Balaban J connectivity index is 0.000000242. The number of aliphatic hydroxyl groups excluding tert-OH is 1. The van der Waals surface area contributed by atoms with Crippen LogP contribution in [0.4, 0.5) is 0 Å². The molecule has 0 heterocycles. The maximum atomic E-state index is 9.96. The van der Waals surface area contributed by atoms with Gasteiger partial charge in [0.25, 0.3) is 0 Å². The van der Waals surface area contributed by atoms with Crippen LogP contribution < -0.4 is 10.8 Å². The molecular weight excluding hydrogens is 302 g/mol. The normalized spacial score (nSPS) is 17.7. The third-order valence-corrected chi connectivity index (χ3v) is 4.30. The lowest BCUT2D eigenvalue weighted by Gasteiger charge is -2.18. The highest BCUT2D eigenvalue weighted by Crippen LogP contribution is 2.25. The molecular formula is C20H31NO3. The maximum absolute atomic E-state index is 9.96. The van der Waals surface area contributed by atoms with Gasteiger partial charge in [0.15, 0.2) is 0 Å². The van der Waals surface area contributed by atoms with Gasteiger partial charge in [0.05, 0.1) is 12.1 Å². The van der Waals surface area contributed by atoms with Gasteiger partial charge in [-0.25, -0.2) is 0 Å². The van der Waals surface area contributed by atoms with Gasteiger partial charge in [-0.3, -0.25) is 0 Å². The molecule has 134 valence electrons. The smallest absolute Gasteiger partial charge is 0.110 e. The number of unbranched alkanes of at least 4 members (excludes halogenated alkanes) is 2. The standard InChI is InChI=1S/C10H13N.C10H18O3/c11-10-7-3-5-8-4-1-2-6-9(8)10;1-2-3-4-6-9(11)7-5-8-10(12)13/h1-2,4,6,10H,3,5,7,11H2;5,8-9,11H,2-4,6-7H2,1H3,(H,12,13)/b;8-5-/t;9-/m.1/s1. The molecule has 0 bridgehead atoms. The molecule has 1 aromatic rings. The number of quaternary nitrogens is 1.